The van der Waals surface area contributed by atoms with E-state index < -0.39 is 5.91 Å². The molecule has 0 unspecified atom stereocenters. The van der Waals surface area contributed by atoms with E-state index in [9.17, 15) is 4.79 Å². The lowest BCUT2D eigenvalue weighted by Gasteiger charge is -2.17. The number of hydrogen-bond donors (Lipinski definition) is 2. The molecule has 0 fully saturated rings. The Kier molecular flexibility index (Phi) is 4.73. The first kappa shape index (κ1) is 15.7. The van der Waals surface area contributed by atoms with Gasteiger partial charge < -0.3 is 11.5 Å². The lowest BCUT2D eigenvalue weighted by Crippen LogP contribution is -2.26. The van der Waals surface area contributed by atoms with Crippen LogP contribution >= 0.6 is 11.3 Å². The molecule has 0 radical (unpaired) electrons. The molecular formula is C17H20N4OS. The molecule has 3 rings (SSSR count). The molecule has 0 bridgehead atoms. The zero-order chi connectivity index (χ0) is 16.2. The van der Waals surface area contributed by atoms with Crippen LogP contribution in [-0.4, -0.2) is 35.4 Å². The highest BCUT2D eigenvalue weighted by atomic mass is 32.1. The summed E-state index contributed by atoms with van der Waals surface area (Å²) in [6.07, 6.45) is 6.21. The Labute approximate surface area is 139 Å². The summed E-state index contributed by atoms with van der Waals surface area (Å²) in [6.45, 7) is 2.93. The molecule has 5 nitrogen and oxygen atoms in total. The Morgan fingerprint density at radius 3 is 2.74 bits per heavy atom. The van der Waals surface area contributed by atoms with Gasteiger partial charge in [0.05, 0.1) is 5.69 Å². The van der Waals surface area contributed by atoms with Gasteiger partial charge in [-0.1, -0.05) is 24.3 Å². The van der Waals surface area contributed by atoms with Crippen LogP contribution in [0, 0.1) is 0 Å². The summed E-state index contributed by atoms with van der Waals surface area (Å²) in [5.41, 5.74) is 13.8. The van der Waals surface area contributed by atoms with Gasteiger partial charge in [0.25, 0.3) is 0 Å². The molecule has 0 atom stereocenters. The Morgan fingerprint density at radius 1 is 1.26 bits per heavy atom. The van der Waals surface area contributed by atoms with Crippen molar-refractivity contribution in [3.8, 4) is 0 Å². The van der Waals surface area contributed by atoms with E-state index in [1.54, 1.807) is 23.5 Å². The minimum Gasteiger partial charge on any atom is -0.375 e. The topological polar surface area (TPSA) is 85.2 Å². The molecule has 1 amide bonds. The monoisotopic (exact) mass is 328 g/mol. The van der Waals surface area contributed by atoms with Gasteiger partial charge in [-0.2, -0.15) is 0 Å². The van der Waals surface area contributed by atoms with Crippen molar-refractivity contribution in [3.63, 3.8) is 0 Å². The zero-order valence-corrected chi connectivity index (χ0v) is 13.7. The predicted molar refractivity (Wildman–Crippen MR) is 94.4 cm³/mol. The van der Waals surface area contributed by atoms with Gasteiger partial charge in [0.2, 0.25) is 5.91 Å². The number of nitrogens with zero attached hydrogens (tertiary/aromatic N) is 2. The van der Waals surface area contributed by atoms with Gasteiger partial charge in [-0.15, -0.1) is 11.3 Å². The lowest BCUT2D eigenvalue weighted by molar-refractivity contribution is 0.100. The predicted octanol–water partition coefficient (Wildman–Crippen LogP) is 1.94. The van der Waals surface area contributed by atoms with Crippen LogP contribution in [0.3, 0.4) is 0 Å². The number of aromatic nitrogens is 1. The van der Waals surface area contributed by atoms with Crippen molar-refractivity contribution in [1.82, 2.24) is 9.88 Å². The van der Waals surface area contributed by atoms with Crippen LogP contribution in [0.4, 0.5) is 5.13 Å². The Morgan fingerprint density at radius 2 is 2.00 bits per heavy atom. The molecule has 6 heteroatoms. The number of amides is 1. The van der Waals surface area contributed by atoms with E-state index in [1.165, 1.54) is 10.6 Å². The van der Waals surface area contributed by atoms with Crippen molar-refractivity contribution >= 4 is 28.5 Å². The Hall–Kier alpha value is -2.18. The number of anilines is 1. The second-order valence-electron chi connectivity index (χ2n) is 5.61. The minimum absolute atomic E-state index is 0.396. The van der Waals surface area contributed by atoms with Crippen LogP contribution < -0.4 is 11.5 Å². The quantitative estimate of drug-likeness (QED) is 0.898. The van der Waals surface area contributed by atoms with E-state index in [0.717, 1.165) is 38.0 Å². The number of fused-ring (bicyclic) bond motifs is 1. The number of carbonyl (C=O) groups is 1. The highest BCUT2D eigenvalue weighted by molar-refractivity contribution is 7.15. The van der Waals surface area contributed by atoms with Gasteiger partial charge in [-0.25, -0.2) is 4.98 Å². The molecule has 120 valence electrons. The van der Waals surface area contributed by atoms with E-state index in [1.807, 2.05) is 12.1 Å². The summed E-state index contributed by atoms with van der Waals surface area (Å²) < 4.78 is 0. The zero-order valence-electron chi connectivity index (χ0n) is 12.9. The molecule has 23 heavy (non-hydrogen) atoms. The van der Waals surface area contributed by atoms with Crippen molar-refractivity contribution < 1.29 is 4.79 Å². The average molecular weight is 328 g/mol. The van der Waals surface area contributed by atoms with E-state index >= 15 is 0 Å². The summed E-state index contributed by atoms with van der Waals surface area (Å²) in [4.78, 5) is 19.2. The second kappa shape index (κ2) is 6.93. The highest BCUT2D eigenvalue weighted by Crippen LogP contribution is 2.24. The lowest BCUT2D eigenvalue weighted by atomic mass is 10.1. The van der Waals surface area contributed by atoms with Crippen molar-refractivity contribution in [1.29, 1.82) is 0 Å². The smallest absolute Gasteiger partial charge is 0.248 e. The van der Waals surface area contributed by atoms with Gasteiger partial charge in [-0.05, 0) is 24.1 Å². The molecule has 2 aromatic rings. The number of hydrogen-bond acceptors (Lipinski definition) is 5. The highest BCUT2D eigenvalue weighted by Gasteiger charge is 2.16. The standard InChI is InChI=1S/C17H20N4OS/c18-16(22)13-5-3-12(4-6-13)2-1-9-21-10-7-14-15(8-11-21)23-17(19)20-14/h1-6H,7-11H2,(H2,18,22)(H2,19,20)/b2-1+. The summed E-state index contributed by atoms with van der Waals surface area (Å²) in [7, 11) is 0. The number of carbonyl (C=O) groups excluding carboxylic acids is 1. The molecule has 1 aromatic heterocycles. The number of nitrogen functional groups attached to an aromatic ring is 1. The van der Waals surface area contributed by atoms with E-state index in [2.05, 4.69) is 22.0 Å². The summed E-state index contributed by atoms with van der Waals surface area (Å²) in [5, 5.41) is 0.683. The number of nitrogens with two attached hydrogens (primary N) is 2. The number of benzene rings is 1. The molecule has 0 saturated heterocycles. The molecule has 4 N–H and O–H groups in total. The van der Waals surface area contributed by atoms with Crippen molar-refractivity contribution in [2.75, 3.05) is 25.4 Å². The van der Waals surface area contributed by atoms with Gasteiger partial charge in [0.15, 0.2) is 5.13 Å². The largest absolute Gasteiger partial charge is 0.375 e. The van der Waals surface area contributed by atoms with Gasteiger partial charge in [0.1, 0.15) is 0 Å². The van der Waals surface area contributed by atoms with Crippen LogP contribution in [-0.2, 0) is 12.8 Å². The maximum Gasteiger partial charge on any atom is 0.248 e. The third-order valence-electron chi connectivity index (χ3n) is 3.98. The maximum atomic E-state index is 11.0. The van der Waals surface area contributed by atoms with E-state index in [4.69, 9.17) is 11.5 Å². The summed E-state index contributed by atoms with van der Waals surface area (Å²) >= 11 is 1.61. The fraction of sp³-hybridized carbons (Fsp3) is 0.294. The van der Waals surface area contributed by atoms with Crippen molar-refractivity contribution in [3.05, 3.63) is 52.0 Å². The molecule has 1 aliphatic rings. The molecule has 1 aliphatic heterocycles. The van der Waals surface area contributed by atoms with Crippen molar-refractivity contribution in [2.24, 2.45) is 5.73 Å². The summed E-state index contributed by atoms with van der Waals surface area (Å²) in [6, 6.07) is 7.32. The van der Waals surface area contributed by atoms with Crippen LogP contribution in [0.2, 0.25) is 0 Å². The number of primary amides is 1. The first-order chi connectivity index (χ1) is 11.1. The second-order valence-corrected chi connectivity index (χ2v) is 6.73. The van der Waals surface area contributed by atoms with Crippen LogP contribution in [0.5, 0.6) is 0 Å². The molecule has 0 saturated carbocycles. The normalized spacial score (nSPS) is 15.5. The minimum atomic E-state index is -0.396. The molecule has 1 aromatic carbocycles. The van der Waals surface area contributed by atoms with Gasteiger partial charge in [0, 0.05) is 36.5 Å². The van der Waals surface area contributed by atoms with E-state index in [0.29, 0.717) is 10.7 Å². The fourth-order valence-corrected chi connectivity index (χ4v) is 3.58. The van der Waals surface area contributed by atoms with E-state index in [-0.39, 0.29) is 0 Å². The molecule has 0 aliphatic carbocycles. The van der Waals surface area contributed by atoms with Crippen LogP contribution in [0.15, 0.2) is 30.3 Å². The third kappa shape index (κ3) is 3.97. The number of rotatable bonds is 4. The first-order valence-corrected chi connectivity index (χ1v) is 8.46. The fourth-order valence-electron chi connectivity index (χ4n) is 2.71. The molecule has 0 spiro atoms. The maximum absolute atomic E-state index is 11.0. The summed E-state index contributed by atoms with van der Waals surface area (Å²) in [5.74, 6) is -0.396. The first-order valence-electron chi connectivity index (χ1n) is 7.64. The van der Waals surface area contributed by atoms with Gasteiger partial charge in [-0.3, -0.25) is 9.69 Å². The molecular weight excluding hydrogens is 308 g/mol. The van der Waals surface area contributed by atoms with Crippen molar-refractivity contribution in [2.45, 2.75) is 12.8 Å². The number of thiazole rings is 1. The average Bonchev–Trinajstić information content (AvgIpc) is 2.79. The van der Waals surface area contributed by atoms with Gasteiger partial charge >= 0.3 is 0 Å². The Balaban J connectivity index is 1.54. The SMILES string of the molecule is NC(=O)c1ccc(/C=C/CN2CCc3nc(N)sc3CC2)cc1. The Bertz CT molecular complexity index is 695. The molecule has 2 heterocycles. The van der Waals surface area contributed by atoms with Crippen LogP contribution in [0.25, 0.3) is 6.08 Å². The van der Waals surface area contributed by atoms with Crippen LogP contribution in [0.1, 0.15) is 26.5 Å². The third-order valence-corrected chi connectivity index (χ3v) is 4.97.